The van der Waals surface area contributed by atoms with Gasteiger partial charge >= 0.3 is 0 Å². The van der Waals surface area contributed by atoms with Crippen molar-refractivity contribution in [3.8, 4) is 11.3 Å². The Kier molecular flexibility index (Phi) is 5.73. The minimum Gasteiger partial charge on any atom is -0.369 e. The number of benzene rings is 1. The molecule has 3 aromatic rings. The van der Waals surface area contributed by atoms with Gasteiger partial charge in [-0.05, 0) is 44.2 Å². The van der Waals surface area contributed by atoms with Crippen molar-refractivity contribution >= 4 is 28.9 Å². The van der Waals surface area contributed by atoms with Crippen LogP contribution in [-0.2, 0) is 6.54 Å². The number of alkyl halides is 1. The number of nitrogens with zero attached hydrogens (tertiary/aromatic N) is 6. The number of aromatic nitrogens is 4. The monoisotopic (exact) mass is 455 g/mol. The minimum atomic E-state index is -0.307. The zero-order valence-corrected chi connectivity index (χ0v) is 18.9. The molecule has 0 unspecified atom stereocenters. The Morgan fingerprint density at radius 3 is 2.53 bits per heavy atom. The molecule has 1 aliphatic carbocycles. The third kappa shape index (κ3) is 4.56. The van der Waals surface area contributed by atoms with Gasteiger partial charge in [0.2, 0.25) is 5.95 Å². The summed E-state index contributed by atoms with van der Waals surface area (Å²) in [5, 5.41) is 8.09. The third-order valence-corrected chi connectivity index (χ3v) is 6.66. The second-order valence-corrected chi connectivity index (χ2v) is 9.32. The molecule has 1 N–H and O–H groups in total. The summed E-state index contributed by atoms with van der Waals surface area (Å²) in [6, 6.07) is 8.31. The largest absolute Gasteiger partial charge is 0.369 e. The van der Waals surface area contributed by atoms with E-state index in [2.05, 4.69) is 49.4 Å². The number of rotatable bonds is 7. The molecule has 7 nitrogen and oxygen atoms in total. The lowest BCUT2D eigenvalue weighted by Gasteiger charge is -2.34. The third-order valence-electron chi connectivity index (χ3n) is 6.38. The standard InChI is InChI=1S/C23H27ClFN7/c1-30-8-10-31(11-9-30)19-4-2-18(3-5-19)28-22-26-13-20(24)21(29-22)17-12-27-32(14-17)16-23(15-25)6-7-23/h2-5,12-14H,6-11,15-16H2,1H3,(H,26,28,29). The Morgan fingerprint density at radius 2 is 1.84 bits per heavy atom. The summed E-state index contributed by atoms with van der Waals surface area (Å²) < 4.78 is 15.0. The highest BCUT2D eigenvalue weighted by Crippen LogP contribution is 2.47. The average Bonchev–Trinajstić information content (AvgIpc) is 3.44. The number of piperazine rings is 1. The van der Waals surface area contributed by atoms with Crippen LogP contribution in [0.4, 0.5) is 21.7 Å². The zero-order chi connectivity index (χ0) is 22.1. The summed E-state index contributed by atoms with van der Waals surface area (Å²) >= 11 is 6.37. The number of anilines is 3. The highest BCUT2D eigenvalue weighted by atomic mass is 35.5. The van der Waals surface area contributed by atoms with Crippen molar-refractivity contribution in [3.63, 3.8) is 0 Å². The molecule has 0 radical (unpaired) electrons. The lowest BCUT2D eigenvalue weighted by molar-refractivity contribution is 0.294. The summed E-state index contributed by atoms with van der Waals surface area (Å²) in [7, 11) is 2.16. The molecule has 0 atom stereocenters. The molecule has 1 aliphatic heterocycles. The average molecular weight is 456 g/mol. The van der Waals surface area contributed by atoms with Gasteiger partial charge in [0.1, 0.15) is 0 Å². The van der Waals surface area contributed by atoms with Gasteiger partial charge in [-0.3, -0.25) is 9.07 Å². The van der Waals surface area contributed by atoms with Crippen molar-refractivity contribution in [2.75, 3.05) is 50.1 Å². The van der Waals surface area contributed by atoms with Crippen molar-refractivity contribution in [2.45, 2.75) is 19.4 Å². The van der Waals surface area contributed by atoms with E-state index in [0.29, 0.717) is 23.2 Å². The number of likely N-dealkylation sites (N-methyl/N-ethyl adjacent to an activating group) is 1. The van der Waals surface area contributed by atoms with Crippen LogP contribution in [0.2, 0.25) is 5.02 Å². The van der Waals surface area contributed by atoms with Crippen LogP contribution in [0.3, 0.4) is 0 Å². The first kappa shape index (κ1) is 21.2. The van der Waals surface area contributed by atoms with E-state index in [-0.39, 0.29) is 12.1 Å². The molecule has 9 heteroatoms. The summed E-state index contributed by atoms with van der Waals surface area (Å²) in [5.74, 6) is 0.465. The number of hydrogen-bond donors (Lipinski definition) is 1. The van der Waals surface area contributed by atoms with E-state index in [1.165, 1.54) is 5.69 Å². The molecule has 1 saturated carbocycles. The Labute approximate surface area is 192 Å². The summed E-state index contributed by atoms with van der Waals surface area (Å²) in [5.41, 5.74) is 3.29. The molecule has 32 heavy (non-hydrogen) atoms. The molecule has 1 saturated heterocycles. The van der Waals surface area contributed by atoms with Crippen LogP contribution in [0.25, 0.3) is 11.3 Å². The van der Waals surface area contributed by atoms with Crippen molar-refractivity contribution in [3.05, 3.63) is 47.9 Å². The van der Waals surface area contributed by atoms with E-state index >= 15 is 0 Å². The fourth-order valence-corrected chi connectivity index (χ4v) is 4.21. The second kappa shape index (κ2) is 8.67. The van der Waals surface area contributed by atoms with Crippen molar-refractivity contribution in [1.82, 2.24) is 24.6 Å². The van der Waals surface area contributed by atoms with Crippen molar-refractivity contribution in [1.29, 1.82) is 0 Å². The first-order chi connectivity index (χ1) is 15.5. The predicted octanol–water partition coefficient (Wildman–Crippen LogP) is 4.24. The van der Waals surface area contributed by atoms with E-state index in [0.717, 1.165) is 50.3 Å². The van der Waals surface area contributed by atoms with Gasteiger partial charge in [-0.15, -0.1) is 0 Å². The van der Waals surface area contributed by atoms with E-state index in [9.17, 15) is 4.39 Å². The highest BCUT2D eigenvalue weighted by Gasteiger charge is 2.43. The first-order valence-corrected chi connectivity index (χ1v) is 11.3. The van der Waals surface area contributed by atoms with E-state index in [1.54, 1.807) is 17.1 Å². The van der Waals surface area contributed by atoms with Gasteiger partial charge in [0.05, 0.1) is 29.8 Å². The van der Waals surface area contributed by atoms with Crippen LogP contribution in [0.1, 0.15) is 12.8 Å². The first-order valence-electron chi connectivity index (χ1n) is 11.0. The van der Waals surface area contributed by atoms with Gasteiger partial charge < -0.3 is 15.1 Å². The fraction of sp³-hybridized carbons (Fsp3) is 0.435. The molecule has 5 rings (SSSR count). The van der Waals surface area contributed by atoms with Crippen molar-refractivity contribution in [2.24, 2.45) is 5.41 Å². The zero-order valence-electron chi connectivity index (χ0n) is 18.1. The lowest BCUT2D eigenvalue weighted by Crippen LogP contribution is -2.44. The Bertz CT molecular complexity index is 1070. The highest BCUT2D eigenvalue weighted by molar-refractivity contribution is 6.32. The number of nitrogens with one attached hydrogen (secondary N) is 1. The van der Waals surface area contributed by atoms with Gasteiger partial charge in [0.15, 0.2) is 0 Å². The maximum Gasteiger partial charge on any atom is 0.227 e. The van der Waals surface area contributed by atoms with Gasteiger partial charge in [-0.2, -0.15) is 5.10 Å². The van der Waals surface area contributed by atoms with Gasteiger partial charge in [-0.25, -0.2) is 9.97 Å². The molecule has 0 amide bonds. The molecule has 0 spiro atoms. The molecular formula is C23H27ClFN7. The quantitative estimate of drug-likeness (QED) is 0.575. The smallest absolute Gasteiger partial charge is 0.227 e. The van der Waals surface area contributed by atoms with Gasteiger partial charge in [-0.1, -0.05) is 11.6 Å². The molecule has 3 heterocycles. The molecule has 2 aliphatic rings. The van der Waals surface area contributed by atoms with Crippen molar-refractivity contribution < 1.29 is 4.39 Å². The molecule has 2 fully saturated rings. The van der Waals surface area contributed by atoms with Crippen LogP contribution in [0.15, 0.2) is 42.9 Å². The number of halogens is 2. The molecular weight excluding hydrogens is 429 g/mol. The fourth-order valence-electron chi connectivity index (χ4n) is 4.01. The van der Waals surface area contributed by atoms with Gasteiger partial charge in [0.25, 0.3) is 0 Å². The summed E-state index contributed by atoms with van der Waals surface area (Å²) in [6.07, 6.45) is 7.01. The maximum absolute atomic E-state index is 13.2. The topological polar surface area (TPSA) is 62.1 Å². The van der Waals surface area contributed by atoms with Crippen LogP contribution >= 0.6 is 11.6 Å². The SMILES string of the molecule is CN1CCN(c2ccc(Nc3ncc(Cl)c(-c4cnn(CC5(CF)CC5)c4)n3)cc2)CC1. The molecule has 1 aromatic carbocycles. The summed E-state index contributed by atoms with van der Waals surface area (Å²) in [6.45, 7) is 4.49. The number of hydrogen-bond acceptors (Lipinski definition) is 6. The van der Waals surface area contributed by atoms with Crippen LogP contribution in [0, 0.1) is 5.41 Å². The Hall–Kier alpha value is -2.71. The maximum atomic E-state index is 13.2. The molecule has 168 valence electrons. The normalized spacial score (nSPS) is 18.0. The molecule has 2 aromatic heterocycles. The van der Waals surface area contributed by atoms with Crippen LogP contribution < -0.4 is 10.2 Å². The Balaban J connectivity index is 1.28. The Morgan fingerprint density at radius 1 is 1.09 bits per heavy atom. The lowest BCUT2D eigenvalue weighted by atomic mass is 10.1. The van der Waals surface area contributed by atoms with E-state index in [4.69, 9.17) is 11.6 Å². The minimum absolute atomic E-state index is 0.234. The summed E-state index contributed by atoms with van der Waals surface area (Å²) in [4.78, 5) is 13.7. The van der Waals surface area contributed by atoms with E-state index < -0.39 is 0 Å². The van der Waals surface area contributed by atoms with Crippen LogP contribution in [0.5, 0.6) is 0 Å². The predicted molar refractivity (Wildman–Crippen MR) is 125 cm³/mol. The molecule has 0 bridgehead atoms. The van der Waals surface area contributed by atoms with E-state index in [1.807, 2.05) is 18.3 Å². The van der Waals surface area contributed by atoms with Gasteiger partial charge in [0, 0.05) is 61.3 Å². The second-order valence-electron chi connectivity index (χ2n) is 8.91. The van der Waals surface area contributed by atoms with Crippen LogP contribution in [-0.4, -0.2) is 64.5 Å².